The molecule has 2 aliphatic heterocycles. The van der Waals surface area contributed by atoms with Crippen molar-refractivity contribution in [2.75, 3.05) is 13.1 Å². The van der Waals surface area contributed by atoms with Crippen LogP contribution in [0.2, 0.25) is 0 Å². The van der Waals surface area contributed by atoms with Crippen molar-refractivity contribution >= 4 is 17.8 Å². The van der Waals surface area contributed by atoms with Crippen LogP contribution in [0.25, 0.3) is 0 Å². The fraction of sp³-hybridized carbons (Fsp3) is 0.304. The zero-order valence-corrected chi connectivity index (χ0v) is 16.8. The van der Waals surface area contributed by atoms with Gasteiger partial charge in [0, 0.05) is 13.1 Å². The number of carbonyl (C=O) groups excluding carboxylic acids is 3. The van der Waals surface area contributed by atoms with E-state index in [0.717, 1.165) is 4.90 Å². The number of rotatable bonds is 3. The van der Waals surface area contributed by atoms with E-state index >= 15 is 0 Å². The predicted molar refractivity (Wildman–Crippen MR) is 109 cm³/mol. The smallest absolute Gasteiger partial charge is 0.325 e. The van der Waals surface area contributed by atoms with Crippen molar-refractivity contribution in [2.24, 2.45) is 0 Å². The highest BCUT2D eigenvalue weighted by molar-refractivity contribution is 6.07. The van der Waals surface area contributed by atoms with Crippen LogP contribution in [-0.4, -0.2) is 46.3 Å². The molecule has 2 heterocycles. The third-order valence-corrected chi connectivity index (χ3v) is 5.87. The monoisotopic (exact) mass is 420 g/mol. The summed E-state index contributed by atoms with van der Waals surface area (Å²) in [7, 11) is 0. The average Bonchev–Trinajstić information content (AvgIpc) is 2.91. The highest BCUT2D eigenvalue weighted by atomic mass is 19.1. The van der Waals surface area contributed by atoms with Gasteiger partial charge in [0.05, 0.1) is 23.7 Å². The Morgan fingerprint density at radius 2 is 1.94 bits per heavy atom. The fourth-order valence-corrected chi connectivity index (χ4v) is 4.22. The summed E-state index contributed by atoms with van der Waals surface area (Å²) >= 11 is 0. The molecule has 31 heavy (non-hydrogen) atoms. The second-order valence-electron chi connectivity index (χ2n) is 7.84. The summed E-state index contributed by atoms with van der Waals surface area (Å²) in [6.07, 6.45) is 1.16. The van der Waals surface area contributed by atoms with E-state index in [0.29, 0.717) is 30.5 Å². The number of nitrogens with one attached hydrogen (secondary N) is 1. The van der Waals surface area contributed by atoms with Gasteiger partial charge in [-0.2, -0.15) is 5.26 Å². The quantitative estimate of drug-likeness (QED) is 0.773. The van der Waals surface area contributed by atoms with Crippen molar-refractivity contribution in [2.45, 2.75) is 31.3 Å². The number of hydrogen-bond acceptors (Lipinski definition) is 4. The van der Waals surface area contributed by atoms with Gasteiger partial charge in [0.15, 0.2) is 0 Å². The van der Waals surface area contributed by atoms with E-state index < -0.39 is 23.3 Å². The van der Waals surface area contributed by atoms with Gasteiger partial charge in [-0.1, -0.05) is 24.3 Å². The van der Waals surface area contributed by atoms with E-state index in [4.69, 9.17) is 5.26 Å². The summed E-state index contributed by atoms with van der Waals surface area (Å²) in [6, 6.07) is 14.1. The number of amides is 4. The molecular weight excluding hydrogens is 399 g/mol. The van der Waals surface area contributed by atoms with Gasteiger partial charge in [0.2, 0.25) is 0 Å². The van der Waals surface area contributed by atoms with Crippen LogP contribution in [-0.2, 0) is 11.3 Å². The molecule has 0 bridgehead atoms. The minimum absolute atomic E-state index is 0.000708. The molecule has 2 aromatic rings. The van der Waals surface area contributed by atoms with Crippen molar-refractivity contribution in [3.05, 3.63) is 71.0 Å². The molecular formula is C23H21FN4O3. The first-order valence-electron chi connectivity index (χ1n) is 10.1. The molecule has 158 valence electrons. The van der Waals surface area contributed by atoms with Crippen LogP contribution in [0.5, 0.6) is 0 Å². The molecule has 1 unspecified atom stereocenters. The van der Waals surface area contributed by atoms with Crippen LogP contribution in [0.3, 0.4) is 0 Å². The van der Waals surface area contributed by atoms with Crippen molar-refractivity contribution in [1.82, 2.24) is 15.1 Å². The lowest BCUT2D eigenvalue weighted by Crippen LogP contribution is -2.47. The van der Waals surface area contributed by atoms with Gasteiger partial charge in [-0.25, -0.2) is 9.18 Å². The highest BCUT2D eigenvalue weighted by Gasteiger charge is 2.51. The van der Waals surface area contributed by atoms with Gasteiger partial charge in [-0.15, -0.1) is 0 Å². The Bertz CT molecular complexity index is 1100. The first-order valence-corrected chi connectivity index (χ1v) is 10.1. The standard InChI is InChI=1S/C23H21FN4O3/c24-19-8-2-1-7-18(19)20(29)27-11-4-9-23(10-12-27)21(30)28(22(31)26-23)15-17-6-3-5-16(13-17)14-25/h1-3,5-8,13H,4,9-12,15H2,(H,26,31). The molecule has 0 saturated carbocycles. The molecule has 2 fully saturated rings. The van der Waals surface area contributed by atoms with Crippen LogP contribution in [0, 0.1) is 17.1 Å². The number of carbonyl (C=O) groups is 3. The van der Waals surface area contributed by atoms with Crippen LogP contribution < -0.4 is 5.32 Å². The van der Waals surface area contributed by atoms with Crippen LogP contribution in [0.4, 0.5) is 9.18 Å². The van der Waals surface area contributed by atoms with Gasteiger partial charge in [0.1, 0.15) is 11.4 Å². The maximum Gasteiger partial charge on any atom is 0.325 e. The van der Waals surface area contributed by atoms with Gasteiger partial charge in [-0.3, -0.25) is 14.5 Å². The molecule has 7 nitrogen and oxygen atoms in total. The Hall–Kier alpha value is -3.73. The number of imide groups is 1. The zero-order chi connectivity index (χ0) is 22.0. The lowest BCUT2D eigenvalue weighted by Gasteiger charge is -2.25. The van der Waals surface area contributed by atoms with Gasteiger partial charge >= 0.3 is 6.03 Å². The van der Waals surface area contributed by atoms with Crippen molar-refractivity contribution in [3.8, 4) is 6.07 Å². The molecule has 2 aliphatic rings. The maximum absolute atomic E-state index is 14.0. The Kier molecular flexibility index (Phi) is 5.42. The fourth-order valence-electron chi connectivity index (χ4n) is 4.22. The lowest BCUT2D eigenvalue weighted by molar-refractivity contribution is -0.132. The van der Waals surface area contributed by atoms with E-state index in [1.807, 2.05) is 6.07 Å². The second-order valence-corrected chi connectivity index (χ2v) is 7.84. The van der Waals surface area contributed by atoms with Crippen LogP contribution in [0.1, 0.15) is 40.7 Å². The number of urea groups is 1. The number of hydrogen-bond donors (Lipinski definition) is 1. The summed E-state index contributed by atoms with van der Waals surface area (Å²) in [5.41, 5.74) is 0.0635. The van der Waals surface area contributed by atoms with Crippen LogP contribution >= 0.6 is 0 Å². The first kappa shape index (κ1) is 20.5. The van der Waals surface area contributed by atoms with Crippen molar-refractivity contribution < 1.29 is 18.8 Å². The Balaban J connectivity index is 1.49. The van der Waals surface area contributed by atoms with Crippen molar-refractivity contribution in [3.63, 3.8) is 0 Å². The maximum atomic E-state index is 14.0. The number of likely N-dealkylation sites (tertiary alicyclic amines) is 1. The Morgan fingerprint density at radius 3 is 2.71 bits per heavy atom. The molecule has 8 heteroatoms. The topological polar surface area (TPSA) is 93.5 Å². The van der Waals surface area contributed by atoms with Gasteiger partial charge in [-0.05, 0) is 49.1 Å². The second kappa shape index (κ2) is 8.19. The predicted octanol–water partition coefficient (Wildman–Crippen LogP) is 2.81. The molecule has 1 spiro atoms. The van der Waals surface area contributed by atoms with E-state index in [-0.39, 0.29) is 31.0 Å². The molecule has 1 N–H and O–H groups in total. The summed E-state index contributed by atoms with van der Waals surface area (Å²) in [5.74, 6) is -1.33. The summed E-state index contributed by atoms with van der Waals surface area (Å²) < 4.78 is 14.0. The van der Waals surface area contributed by atoms with Crippen molar-refractivity contribution in [1.29, 1.82) is 5.26 Å². The minimum atomic E-state index is -1.08. The molecule has 4 amide bonds. The molecule has 0 aliphatic carbocycles. The third-order valence-electron chi connectivity index (χ3n) is 5.87. The number of nitriles is 1. The zero-order valence-electron chi connectivity index (χ0n) is 16.8. The first-order chi connectivity index (χ1) is 14.9. The Morgan fingerprint density at radius 1 is 1.13 bits per heavy atom. The molecule has 2 aromatic carbocycles. The molecule has 0 aromatic heterocycles. The van der Waals surface area contributed by atoms with Gasteiger partial charge in [0.25, 0.3) is 11.8 Å². The SMILES string of the molecule is N#Cc1cccc(CN2C(=O)NC3(CCCN(C(=O)c4ccccc4F)CC3)C2=O)c1. The molecule has 0 radical (unpaired) electrons. The molecule has 1 atom stereocenters. The summed E-state index contributed by atoms with van der Waals surface area (Å²) in [4.78, 5) is 41.3. The third kappa shape index (κ3) is 3.87. The normalized spacial score (nSPS) is 21.0. The number of benzene rings is 2. The Labute approximate surface area is 179 Å². The van der Waals surface area contributed by atoms with Crippen LogP contribution in [0.15, 0.2) is 48.5 Å². The summed E-state index contributed by atoms with van der Waals surface area (Å²) in [5, 5.41) is 11.9. The van der Waals surface area contributed by atoms with Gasteiger partial charge < -0.3 is 10.2 Å². The number of nitrogens with zero attached hydrogens (tertiary/aromatic N) is 3. The summed E-state index contributed by atoms with van der Waals surface area (Å²) in [6.45, 7) is 0.680. The van der Waals surface area contributed by atoms with E-state index in [2.05, 4.69) is 5.32 Å². The van der Waals surface area contributed by atoms with E-state index in [1.54, 1.807) is 30.3 Å². The average molecular weight is 420 g/mol. The highest BCUT2D eigenvalue weighted by Crippen LogP contribution is 2.31. The van der Waals surface area contributed by atoms with E-state index in [9.17, 15) is 18.8 Å². The molecule has 4 rings (SSSR count). The number of halogens is 1. The minimum Gasteiger partial charge on any atom is -0.338 e. The molecule has 2 saturated heterocycles. The largest absolute Gasteiger partial charge is 0.338 e. The van der Waals surface area contributed by atoms with E-state index in [1.165, 1.54) is 23.1 Å². The lowest BCUT2D eigenvalue weighted by atomic mass is 9.90.